The van der Waals surface area contributed by atoms with Gasteiger partial charge in [0.25, 0.3) is 5.91 Å². The van der Waals surface area contributed by atoms with Crippen molar-refractivity contribution in [2.24, 2.45) is 23.7 Å². The Bertz CT molecular complexity index is 1110. The van der Waals surface area contributed by atoms with Crippen molar-refractivity contribution >= 4 is 17.1 Å². The Morgan fingerprint density at radius 1 is 1.22 bits per heavy atom. The Morgan fingerprint density at radius 3 is 2.72 bits per heavy atom. The van der Waals surface area contributed by atoms with Crippen LogP contribution in [0.15, 0.2) is 48.3 Å². The molecule has 168 valence electrons. The molecule has 3 aromatic heterocycles. The minimum atomic E-state index is -0.0479. The van der Waals surface area contributed by atoms with E-state index in [0.717, 1.165) is 24.2 Å². The normalized spacial score (nSPS) is 20.9. The standard InChI is InChI=1S/C25H31N5O2/c1-15(2)20-12-18(13-22-28-21-5-6-23(32-4)30-24(21)29-22)16(3)11-19(20)14-27-25(31)17-7-9-26-10-8-17/h5-11,15,18-20H,12-14H2,1-4H3,(H,27,31)(H,28,29,30). The van der Waals surface area contributed by atoms with E-state index < -0.39 is 0 Å². The molecule has 0 aliphatic heterocycles. The van der Waals surface area contributed by atoms with Crippen LogP contribution >= 0.6 is 0 Å². The van der Waals surface area contributed by atoms with Gasteiger partial charge in [-0.15, -0.1) is 0 Å². The first-order chi connectivity index (χ1) is 15.4. The number of hydrogen-bond donors (Lipinski definition) is 2. The summed E-state index contributed by atoms with van der Waals surface area (Å²) in [5, 5.41) is 3.12. The van der Waals surface area contributed by atoms with Crippen LogP contribution in [0.25, 0.3) is 11.2 Å². The zero-order valence-electron chi connectivity index (χ0n) is 19.1. The summed E-state index contributed by atoms with van der Waals surface area (Å²) in [5.74, 6) is 3.21. The molecule has 3 atom stereocenters. The third-order valence-corrected chi connectivity index (χ3v) is 6.54. The lowest BCUT2D eigenvalue weighted by Gasteiger charge is -2.37. The molecule has 3 aromatic rings. The highest BCUT2D eigenvalue weighted by molar-refractivity contribution is 5.93. The smallest absolute Gasteiger partial charge is 0.251 e. The number of aromatic nitrogens is 4. The maximum atomic E-state index is 12.5. The average Bonchev–Trinajstić information content (AvgIpc) is 3.20. The molecule has 0 bridgehead atoms. The number of nitrogens with one attached hydrogen (secondary N) is 2. The van der Waals surface area contributed by atoms with Crippen LogP contribution in [-0.4, -0.2) is 39.5 Å². The highest BCUT2D eigenvalue weighted by Gasteiger charge is 2.32. The molecule has 1 aliphatic rings. The van der Waals surface area contributed by atoms with Crippen LogP contribution in [0.1, 0.15) is 43.4 Å². The molecular formula is C25H31N5O2. The number of carbonyl (C=O) groups is 1. The maximum Gasteiger partial charge on any atom is 0.251 e. The number of fused-ring (bicyclic) bond motifs is 1. The second kappa shape index (κ2) is 9.51. The Kier molecular flexibility index (Phi) is 6.53. The van der Waals surface area contributed by atoms with Gasteiger partial charge < -0.3 is 15.0 Å². The van der Waals surface area contributed by atoms with Gasteiger partial charge in [-0.25, -0.2) is 4.98 Å². The number of imidazole rings is 1. The molecule has 0 saturated heterocycles. The number of aromatic amines is 1. The third-order valence-electron chi connectivity index (χ3n) is 6.54. The van der Waals surface area contributed by atoms with Crippen molar-refractivity contribution in [2.75, 3.05) is 13.7 Å². The van der Waals surface area contributed by atoms with Crippen molar-refractivity contribution in [2.45, 2.75) is 33.6 Å². The van der Waals surface area contributed by atoms with Crippen LogP contribution in [0.2, 0.25) is 0 Å². The molecule has 4 rings (SSSR count). The lowest BCUT2D eigenvalue weighted by atomic mass is 9.69. The number of rotatable bonds is 7. The largest absolute Gasteiger partial charge is 0.481 e. The summed E-state index contributed by atoms with van der Waals surface area (Å²) in [4.78, 5) is 29.0. The van der Waals surface area contributed by atoms with Crippen LogP contribution < -0.4 is 10.1 Å². The van der Waals surface area contributed by atoms with E-state index in [-0.39, 0.29) is 5.91 Å². The van der Waals surface area contributed by atoms with E-state index >= 15 is 0 Å². The third kappa shape index (κ3) is 4.82. The predicted octanol–water partition coefficient (Wildman–Crippen LogP) is 4.19. The van der Waals surface area contributed by atoms with Crippen LogP contribution in [0.3, 0.4) is 0 Å². The lowest BCUT2D eigenvalue weighted by molar-refractivity contribution is 0.0939. The predicted molar refractivity (Wildman–Crippen MR) is 124 cm³/mol. The van der Waals surface area contributed by atoms with Crippen molar-refractivity contribution in [1.29, 1.82) is 0 Å². The molecule has 2 N–H and O–H groups in total. The van der Waals surface area contributed by atoms with Crippen molar-refractivity contribution < 1.29 is 9.53 Å². The molecule has 0 radical (unpaired) electrons. The molecule has 7 heteroatoms. The zero-order valence-corrected chi connectivity index (χ0v) is 19.1. The topological polar surface area (TPSA) is 92.8 Å². The Morgan fingerprint density at radius 2 is 2.00 bits per heavy atom. The van der Waals surface area contributed by atoms with Crippen molar-refractivity contribution in [3.63, 3.8) is 0 Å². The lowest BCUT2D eigenvalue weighted by Crippen LogP contribution is -2.37. The number of amides is 1. The molecular weight excluding hydrogens is 402 g/mol. The highest BCUT2D eigenvalue weighted by atomic mass is 16.5. The van der Waals surface area contributed by atoms with Crippen LogP contribution in [0.5, 0.6) is 5.88 Å². The average molecular weight is 434 g/mol. The highest BCUT2D eigenvalue weighted by Crippen LogP contribution is 2.38. The second-order valence-corrected chi connectivity index (χ2v) is 8.97. The number of nitrogens with zero attached hydrogens (tertiary/aromatic N) is 3. The first-order valence-electron chi connectivity index (χ1n) is 11.2. The Labute approximate surface area is 188 Å². The summed E-state index contributed by atoms with van der Waals surface area (Å²) in [5.41, 5.74) is 3.62. The minimum Gasteiger partial charge on any atom is -0.481 e. The van der Waals surface area contributed by atoms with Gasteiger partial charge >= 0.3 is 0 Å². The van der Waals surface area contributed by atoms with Crippen LogP contribution in [-0.2, 0) is 6.42 Å². The molecule has 0 aromatic carbocycles. The summed E-state index contributed by atoms with van der Waals surface area (Å²) >= 11 is 0. The molecule has 1 amide bonds. The van der Waals surface area contributed by atoms with Gasteiger partial charge in [-0.2, -0.15) is 4.98 Å². The number of pyridine rings is 2. The number of carbonyl (C=O) groups excluding carboxylic acids is 1. The summed E-state index contributed by atoms with van der Waals surface area (Å²) in [6.45, 7) is 7.38. The molecule has 3 unspecified atom stereocenters. The number of hydrogen-bond acceptors (Lipinski definition) is 5. The van der Waals surface area contributed by atoms with Crippen LogP contribution in [0.4, 0.5) is 0 Å². The van der Waals surface area contributed by atoms with Gasteiger partial charge in [0, 0.05) is 37.0 Å². The van der Waals surface area contributed by atoms with Gasteiger partial charge in [-0.05, 0) is 55.2 Å². The molecule has 0 spiro atoms. The molecule has 7 nitrogen and oxygen atoms in total. The van der Waals surface area contributed by atoms with Gasteiger partial charge in [0.05, 0.1) is 12.6 Å². The van der Waals surface area contributed by atoms with Gasteiger partial charge in [0.15, 0.2) is 5.65 Å². The fraction of sp³-hybridized carbons (Fsp3) is 0.440. The first-order valence-corrected chi connectivity index (χ1v) is 11.2. The molecule has 1 aliphatic carbocycles. The molecule has 3 heterocycles. The molecule has 32 heavy (non-hydrogen) atoms. The fourth-order valence-corrected chi connectivity index (χ4v) is 4.69. The molecule has 0 fully saturated rings. The van der Waals surface area contributed by atoms with Gasteiger partial charge in [0.1, 0.15) is 5.82 Å². The van der Waals surface area contributed by atoms with Crippen molar-refractivity contribution in [3.8, 4) is 5.88 Å². The van der Waals surface area contributed by atoms with E-state index in [0.29, 0.717) is 47.3 Å². The van der Waals surface area contributed by atoms with Gasteiger partial charge in [-0.1, -0.05) is 25.5 Å². The SMILES string of the molecule is COc1ccc2[nH]c(CC3CC(C(C)C)C(CNC(=O)c4ccncc4)C=C3C)nc2n1. The van der Waals surface area contributed by atoms with Crippen LogP contribution in [0, 0.1) is 23.7 Å². The summed E-state index contributed by atoms with van der Waals surface area (Å²) in [6, 6.07) is 7.28. The second-order valence-electron chi connectivity index (χ2n) is 8.97. The Hall–Kier alpha value is -3.22. The Balaban J connectivity index is 1.46. The zero-order chi connectivity index (χ0) is 22.7. The minimum absolute atomic E-state index is 0.0479. The van der Waals surface area contributed by atoms with E-state index in [1.807, 2.05) is 12.1 Å². The summed E-state index contributed by atoms with van der Waals surface area (Å²) in [6.07, 6.45) is 7.56. The number of H-pyrrole nitrogens is 1. The van der Waals surface area contributed by atoms with E-state index in [9.17, 15) is 4.79 Å². The van der Waals surface area contributed by atoms with Gasteiger partial charge in [-0.3, -0.25) is 9.78 Å². The van der Waals surface area contributed by atoms with E-state index in [2.05, 4.69) is 47.1 Å². The number of allylic oxidation sites excluding steroid dienone is 1. The van der Waals surface area contributed by atoms with Crippen molar-refractivity contribution in [3.05, 3.63) is 59.7 Å². The first kappa shape index (κ1) is 22.0. The number of ether oxygens (including phenoxy) is 1. The monoisotopic (exact) mass is 433 g/mol. The van der Waals surface area contributed by atoms with E-state index in [1.54, 1.807) is 31.6 Å². The summed E-state index contributed by atoms with van der Waals surface area (Å²) < 4.78 is 5.21. The summed E-state index contributed by atoms with van der Waals surface area (Å²) in [7, 11) is 1.61. The number of methoxy groups -OCH3 is 1. The fourth-order valence-electron chi connectivity index (χ4n) is 4.69. The maximum absolute atomic E-state index is 12.5. The van der Waals surface area contributed by atoms with Crippen molar-refractivity contribution in [1.82, 2.24) is 25.3 Å². The van der Waals surface area contributed by atoms with E-state index in [4.69, 9.17) is 9.72 Å². The quantitative estimate of drug-likeness (QED) is 0.545. The van der Waals surface area contributed by atoms with Gasteiger partial charge in [0.2, 0.25) is 5.88 Å². The van der Waals surface area contributed by atoms with E-state index in [1.165, 1.54) is 5.57 Å². The molecule has 0 saturated carbocycles.